The van der Waals surface area contributed by atoms with Crippen LogP contribution in [0.2, 0.25) is 0 Å². The Balaban J connectivity index is 2.04. The molecular formula is C16H13N3O. The first-order valence-corrected chi connectivity index (χ1v) is 6.09. The molecule has 0 saturated carbocycles. The fourth-order valence-electron chi connectivity index (χ4n) is 1.69. The normalized spacial score (nSPS) is 10.2. The van der Waals surface area contributed by atoms with E-state index in [-0.39, 0.29) is 5.91 Å². The van der Waals surface area contributed by atoms with Crippen molar-refractivity contribution in [3.05, 3.63) is 65.5 Å². The lowest BCUT2D eigenvalue weighted by atomic mass is 10.1. The maximum atomic E-state index is 11.8. The summed E-state index contributed by atoms with van der Waals surface area (Å²) in [6.07, 6.45) is 4.75. The molecule has 0 unspecified atom stereocenters. The Labute approximate surface area is 117 Å². The van der Waals surface area contributed by atoms with Gasteiger partial charge in [-0.05, 0) is 42.8 Å². The van der Waals surface area contributed by atoms with E-state index in [0.717, 1.165) is 11.3 Å². The molecule has 0 atom stereocenters. The Morgan fingerprint density at radius 3 is 2.95 bits per heavy atom. The molecule has 0 aliphatic rings. The van der Waals surface area contributed by atoms with E-state index in [0.29, 0.717) is 11.3 Å². The van der Waals surface area contributed by atoms with Gasteiger partial charge in [0.25, 0.3) is 0 Å². The molecule has 1 aromatic heterocycles. The van der Waals surface area contributed by atoms with Crippen LogP contribution in [0.1, 0.15) is 16.8 Å². The standard InChI is InChI=1S/C16H13N3O/c1-12-9-15(7-8-18-12)19-16(20)6-5-13-3-2-4-14(10-13)11-17/h2-10H,1H3,(H,18,19,20)/b6-5+. The summed E-state index contributed by atoms with van der Waals surface area (Å²) in [6, 6.07) is 12.6. The van der Waals surface area contributed by atoms with Crippen LogP contribution in [-0.2, 0) is 4.79 Å². The average molecular weight is 263 g/mol. The number of amides is 1. The van der Waals surface area contributed by atoms with Crippen LogP contribution in [0, 0.1) is 18.3 Å². The van der Waals surface area contributed by atoms with Crippen LogP contribution in [0.5, 0.6) is 0 Å². The highest BCUT2D eigenvalue weighted by Crippen LogP contribution is 2.08. The summed E-state index contributed by atoms with van der Waals surface area (Å²) >= 11 is 0. The second kappa shape index (κ2) is 6.30. The minimum atomic E-state index is -0.224. The highest BCUT2D eigenvalue weighted by Gasteiger charge is 1.98. The highest BCUT2D eigenvalue weighted by molar-refractivity contribution is 6.01. The first-order chi connectivity index (χ1) is 9.67. The summed E-state index contributed by atoms with van der Waals surface area (Å²) in [4.78, 5) is 15.8. The van der Waals surface area contributed by atoms with Crippen molar-refractivity contribution in [3.8, 4) is 6.07 Å². The number of carbonyl (C=O) groups excluding carboxylic acids is 1. The van der Waals surface area contributed by atoms with Gasteiger partial charge < -0.3 is 5.32 Å². The number of hydrogen-bond acceptors (Lipinski definition) is 3. The van der Waals surface area contributed by atoms with Gasteiger partial charge in [-0.1, -0.05) is 12.1 Å². The third-order valence-electron chi connectivity index (χ3n) is 2.61. The van der Waals surface area contributed by atoms with Gasteiger partial charge in [-0.3, -0.25) is 9.78 Å². The van der Waals surface area contributed by atoms with Gasteiger partial charge in [0, 0.05) is 23.7 Å². The zero-order chi connectivity index (χ0) is 14.4. The van der Waals surface area contributed by atoms with E-state index in [1.54, 1.807) is 42.6 Å². The number of carbonyl (C=O) groups is 1. The summed E-state index contributed by atoms with van der Waals surface area (Å²) in [5.41, 5.74) is 2.92. The van der Waals surface area contributed by atoms with Crippen LogP contribution in [0.15, 0.2) is 48.7 Å². The fraction of sp³-hybridized carbons (Fsp3) is 0.0625. The van der Waals surface area contributed by atoms with E-state index >= 15 is 0 Å². The van der Waals surface area contributed by atoms with Crippen molar-refractivity contribution in [2.24, 2.45) is 0 Å². The molecule has 1 aromatic carbocycles. The predicted molar refractivity (Wildman–Crippen MR) is 77.8 cm³/mol. The Kier molecular flexibility index (Phi) is 4.25. The molecule has 0 saturated heterocycles. The van der Waals surface area contributed by atoms with Gasteiger partial charge in [0.05, 0.1) is 11.6 Å². The SMILES string of the molecule is Cc1cc(NC(=O)/C=C/c2cccc(C#N)c2)ccn1. The zero-order valence-corrected chi connectivity index (χ0v) is 11.0. The monoisotopic (exact) mass is 263 g/mol. The second-order valence-corrected chi connectivity index (χ2v) is 4.25. The quantitative estimate of drug-likeness (QED) is 0.866. The number of nitrogens with one attached hydrogen (secondary N) is 1. The largest absolute Gasteiger partial charge is 0.322 e. The molecule has 0 aliphatic carbocycles. The van der Waals surface area contributed by atoms with E-state index < -0.39 is 0 Å². The van der Waals surface area contributed by atoms with Crippen LogP contribution in [0.3, 0.4) is 0 Å². The molecule has 0 aliphatic heterocycles. The van der Waals surface area contributed by atoms with E-state index in [4.69, 9.17) is 5.26 Å². The molecule has 0 fully saturated rings. The van der Waals surface area contributed by atoms with Gasteiger partial charge in [0.15, 0.2) is 0 Å². The number of pyridine rings is 1. The summed E-state index contributed by atoms with van der Waals surface area (Å²) in [5.74, 6) is -0.224. The van der Waals surface area contributed by atoms with Gasteiger partial charge in [-0.15, -0.1) is 0 Å². The molecule has 20 heavy (non-hydrogen) atoms. The van der Waals surface area contributed by atoms with Crippen molar-refractivity contribution in [3.63, 3.8) is 0 Å². The van der Waals surface area contributed by atoms with Gasteiger partial charge in [0.1, 0.15) is 0 Å². The average Bonchev–Trinajstić information content (AvgIpc) is 2.45. The minimum absolute atomic E-state index is 0.224. The van der Waals surface area contributed by atoms with Crippen LogP contribution in [0.25, 0.3) is 6.08 Å². The van der Waals surface area contributed by atoms with Crippen molar-refractivity contribution in [2.45, 2.75) is 6.92 Å². The molecule has 1 N–H and O–H groups in total. The number of aryl methyl sites for hydroxylation is 1. The van der Waals surface area contributed by atoms with Gasteiger partial charge >= 0.3 is 0 Å². The maximum Gasteiger partial charge on any atom is 0.248 e. The fourth-order valence-corrected chi connectivity index (χ4v) is 1.69. The van der Waals surface area contributed by atoms with Crippen LogP contribution in [-0.4, -0.2) is 10.9 Å². The summed E-state index contributed by atoms with van der Waals surface area (Å²) in [5, 5.41) is 11.6. The molecule has 0 bridgehead atoms. The molecule has 2 rings (SSSR count). The highest BCUT2D eigenvalue weighted by atomic mass is 16.1. The van der Waals surface area contributed by atoms with Gasteiger partial charge in [0.2, 0.25) is 5.91 Å². The third-order valence-corrected chi connectivity index (χ3v) is 2.61. The Morgan fingerprint density at radius 2 is 2.20 bits per heavy atom. The summed E-state index contributed by atoms with van der Waals surface area (Å²) in [6.45, 7) is 1.86. The van der Waals surface area contributed by atoms with Gasteiger partial charge in [-0.2, -0.15) is 5.26 Å². The lowest BCUT2D eigenvalue weighted by Gasteiger charge is -2.02. The lowest BCUT2D eigenvalue weighted by molar-refractivity contribution is -0.111. The molecule has 2 aromatic rings. The topological polar surface area (TPSA) is 65.8 Å². The minimum Gasteiger partial charge on any atom is -0.322 e. The molecule has 4 nitrogen and oxygen atoms in total. The number of hydrogen-bond donors (Lipinski definition) is 1. The molecular weight excluding hydrogens is 250 g/mol. The number of anilines is 1. The predicted octanol–water partition coefficient (Wildman–Crippen LogP) is 2.91. The van der Waals surface area contributed by atoms with Crippen molar-refractivity contribution < 1.29 is 4.79 Å². The zero-order valence-electron chi connectivity index (χ0n) is 11.0. The van der Waals surface area contributed by atoms with Crippen molar-refractivity contribution in [1.82, 2.24) is 4.98 Å². The van der Waals surface area contributed by atoms with Gasteiger partial charge in [-0.25, -0.2) is 0 Å². The molecule has 0 radical (unpaired) electrons. The number of aromatic nitrogens is 1. The van der Waals surface area contributed by atoms with Crippen molar-refractivity contribution in [2.75, 3.05) is 5.32 Å². The van der Waals surface area contributed by atoms with Crippen LogP contribution >= 0.6 is 0 Å². The molecule has 1 heterocycles. The number of nitriles is 1. The van der Waals surface area contributed by atoms with Crippen LogP contribution < -0.4 is 5.32 Å². The number of nitrogens with zero attached hydrogens (tertiary/aromatic N) is 2. The smallest absolute Gasteiger partial charge is 0.248 e. The Morgan fingerprint density at radius 1 is 1.35 bits per heavy atom. The van der Waals surface area contributed by atoms with Crippen molar-refractivity contribution in [1.29, 1.82) is 5.26 Å². The van der Waals surface area contributed by atoms with E-state index in [2.05, 4.69) is 16.4 Å². The lowest BCUT2D eigenvalue weighted by Crippen LogP contribution is -2.07. The summed E-state index contributed by atoms with van der Waals surface area (Å²) in [7, 11) is 0. The molecule has 0 spiro atoms. The van der Waals surface area contributed by atoms with E-state index in [1.165, 1.54) is 6.08 Å². The Hall–Kier alpha value is -2.93. The first kappa shape index (κ1) is 13.5. The van der Waals surface area contributed by atoms with E-state index in [1.807, 2.05) is 13.0 Å². The van der Waals surface area contributed by atoms with Crippen molar-refractivity contribution >= 4 is 17.7 Å². The summed E-state index contributed by atoms with van der Waals surface area (Å²) < 4.78 is 0. The second-order valence-electron chi connectivity index (χ2n) is 4.25. The van der Waals surface area contributed by atoms with Crippen LogP contribution in [0.4, 0.5) is 5.69 Å². The number of benzene rings is 1. The molecule has 4 heteroatoms. The number of rotatable bonds is 3. The Bertz CT molecular complexity index is 699. The molecule has 98 valence electrons. The third kappa shape index (κ3) is 3.79. The first-order valence-electron chi connectivity index (χ1n) is 6.09. The molecule has 1 amide bonds. The maximum absolute atomic E-state index is 11.8. The van der Waals surface area contributed by atoms with E-state index in [9.17, 15) is 4.79 Å².